The molecule has 0 bridgehead atoms. The summed E-state index contributed by atoms with van der Waals surface area (Å²) in [4.78, 5) is 4.05. The lowest BCUT2D eigenvalue weighted by molar-refractivity contribution is 0.319. The number of hydrogen-bond donors (Lipinski definition) is 2. The molecule has 0 aliphatic carbocycles. The molecule has 5 nitrogen and oxygen atoms in total. The Morgan fingerprint density at radius 1 is 1.53 bits per heavy atom. The Bertz CT molecular complexity index is 417. The second-order valence-corrected chi connectivity index (χ2v) is 5.06. The van der Waals surface area contributed by atoms with Crippen LogP contribution < -0.4 is 4.72 Å². The molecule has 2 N–H and O–H groups in total. The lowest BCUT2D eigenvalue weighted by Crippen LogP contribution is -2.28. The number of aromatic nitrogens is 1. The lowest BCUT2D eigenvalue weighted by atomic mass is 10.2. The molecule has 0 aliphatic heterocycles. The van der Waals surface area contributed by atoms with Crippen LogP contribution in [0.25, 0.3) is 0 Å². The van der Waals surface area contributed by atoms with Gasteiger partial charge in [0, 0.05) is 6.20 Å². The number of nitrogens with zero attached hydrogens (tertiary/aromatic N) is 1. The summed E-state index contributed by atoms with van der Waals surface area (Å²) in [7, 11) is -3.39. The van der Waals surface area contributed by atoms with E-state index in [0.29, 0.717) is 5.69 Å². The van der Waals surface area contributed by atoms with Gasteiger partial charge in [0.2, 0.25) is 10.0 Å². The first-order valence-electron chi connectivity index (χ1n) is 4.54. The van der Waals surface area contributed by atoms with Crippen LogP contribution >= 0.6 is 0 Å². The van der Waals surface area contributed by atoms with Gasteiger partial charge in [0.15, 0.2) is 0 Å². The Kier molecular flexibility index (Phi) is 4.19. The molecule has 0 atom stereocenters. The minimum atomic E-state index is -3.39. The van der Waals surface area contributed by atoms with Crippen molar-refractivity contribution in [2.45, 2.75) is 13.5 Å². The summed E-state index contributed by atoms with van der Waals surface area (Å²) in [6, 6.07) is 3.66. The van der Waals surface area contributed by atoms with Crippen molar-refractivity contribution >= 4 is 10.0 Å². The van der Waals surface area contributed by atoms with Gasteiger partial charge >= 0.3 is 0 Å². The summed E-state index contributed by atoms with van der Waals surface area (Å²) in [5, 5.41) is 8.52. The van der Waals surface area contributed by atoms with E-state index in [4.69, 9.17) is 5.11 Å². The van der Waals surface area contributed by atoms with E-state index in [1.54, 1.807) is 12.3 Å². The van der Waals surface area contributed by atoms with Crippen molar-refractivity contribution in [2.75, 3.05) is 12.4 Å². The Morgan fingerprint density at radius 2 is 2.27 bits per heavy atom. The Hall–Kier alpha value is -0.980. The predicted molar refractivity (Wildman–Crippen MR) is 56.7 cm³/mol. The van der Waals surface area contributed by atoms with Gasteiger partial charge < -0.3 is 5.11 Å². The van der Waals surface area contributed by atoms with Crippen molar-refractivity contribution in [3.63, 3.8) is 0 Å². The molecule has 0 aliphatic rings. The van der Waals surface area contributed by atoms with Crippen LogP contribution in [0, 0.1) is 6.92 Å². The maximum atomic E-state index is 11.2. The number of hydrogen-bond acceptors (Lipinski definition) is 4. The molecule has 0 saturated heterocycles. The fourth-order valence-corrected chi connectivity index (χ4v) is 1.82. The van der Waals surface area contributed by atoms with Crippen LogP contribution in [0.4, 0.5) is 0 Å². The number of nitrogens with one attached hydrogen (secondary N) is 1. The number of sulfonamides is 1. The molecule has 1 heterocycles. The van der Waals surface area contributed by atoms with E-state index >= 15 is 0 Å². The van der Waals surface area contributed by atoms with Gasteiger partial charge in [-0.15, -0.1) is 0 Å². The van der Waals surface area contributed by atoms with Gasteiger partial charge in [-0.3, -0.25) is 4.98 Å². The molecule has 1 aromatic heterocycles. The standard InChI is InChI=1S/C9H14N2O3S/c1-8-3-2-4-10-9(8)7-11-15(13,14)6-5-12/h2-4,11-12H,5-7H2,1H3. The topological polar surface area (TPSA) is 79.3 Å². The van der Waals surface area contributed by atoms with E-state index in [2.05, 4.69) is 9.71 Å². The Balaban J connectivity index is 2.62. The lowest BCUT2D eigenvalue weighted by Gasteiger charge is -2.06. The van der Waals surface area contributed by atoms with Crippen LogP contribution in [0.2, 0.25) is 0 Å². The summed E-state index contributed by atoms with van der Waals surface area (Å²) in [5.74, 6) is -0.279. The summed E-state index contributed by atoms with van der Waals surface area (Å²) >= 11 is 0. The van der Waals surface area contributed by atoms with Crippen LogP contribution in [0.1, 0.15) is 11.3 Å². The highest BCUT2D eigenvalue weighted by molar-refractivity contribution is 7.89. The minimum absolute atomic E-state index is 0.162. The Labute approximate surface area is 89.2 Å². The number of rotatable bonds is 5. The largest absolute Gasteiger partial charge is 0.395 e. The normalized spacial score (nSPS) is 11.6. The van der Waals surface area contributed by atoms with Crippen molar-refractivity contribution in [1.29, 1.82) is 0 Å². The number of pyridine rings is 1. The smallest absolute Gasteiger partial charge is 0.214 e. The van der Waals surface area contributed by atoms with Gasteiger partial charge in [-0.2, -0.15) is 0 Å². The molecule has 0 spiro atoms. The van der Waals surface area contributed by atoms with Gasteiger partial charge in [0.05, 0.1) is 24.6 Å². The van der Waals surface area contributed by atoms with Crippen LogP contribution in [0.3, 0.4) is 0 Å². The zero-order valence-corrected chi connectivity index (χ0v) is 9.29. The van der Waals surface area contributed by atoms with Crippen LogP contribution in [-0.2, 0) is 16.6 Å². The third-order valence-electron chi connectivity index (χ3n) is 1.94. The highest BCUT2D eigenvalue weighted by atomic mass is 32.2. The zero-order chi connectivity index (χ0) is 11.3. The summed E-state index contributed by atoms with van der Waals surface area (Å²) in [6.45, 7) is 1.65. The quantitative estimate of drug-likeness (QED) is 0.734. The number of aliphatic hydroxyl groups excluding tert-OH is 1. The average Bonchev–Trinajstić information content (AvgIpc) is 2.16. The molecule has 6 heteroatoms. The van der Waals surface area contributed by atoms with Crippen molar-refractivity contribution in [3.8, 4) is 0 Å². The first-order valence-corrected chi connectivity index (χ1v) is 6.19. The van der Waals surface area contributed by atoms with Gasteiger partial charge in [-0.05, 0) is 18.6 Å². The van der Waals surface area contributed by atoms with Crippen molar-refractivity contribution in [2.24, 2.45) is 0 Å². The van der Waals surface area contributed by atoms with E-state index in [9.17, 15) is 8.42 Å². The number of aryl methyl sites for hydroxylation is 1. The Morgan fingerprint density at radius 3 is 2.87 bits per heavy atom. The molecule has 0 saturated carbocycles. The van der Waals surface area contributed by atoms with Crippen molar-refractivity contribution in [3.05, 3.63) is 29.6 Å². The zero-order valence-electron chi connectivity index (χ0n) is 8.47. The molecule has 1 aromatic rings. The average molecular weight is 230 g/mol. The van der Waals surface area contributed by atoms with E-state index in [0.717, 1.165) is 5.56 Å². The highest BCUT2D eigenvalue weighted by Crippen LogP contribution is 2.02. The summed E-state index contributed by atoms with van der Waals surface area (Å²) in [6.07, 6.45) is 1.61. The maximum absolute atomic E-state index is 11.2. The molecule has 0 unspecified atom stereocenters. The maximum Gasteiger partial charge on any atom is 0.214 e. The van der Waals surface area contributed by atoms with Gasteiger partial charge in [-0.1, -0.05) is 6.07 Å². The monoisotopic (exact) mass is 230 g/mol. The highest BCUT2D eigenvalue weighted by Gasteiger charge is 2.09. The van der Waals surface area contributed by atoms with Gasteiger partial charge in [0.1, 0.15) is 0 Å². The van der Waals surface area contributed by atoms with E-state index in [-0.39, 0.29) is 18.9 Å². The molecular formula is C9H14N2O3S. The third kappa shape index (κ3) is 3.94. The molecule has 84 valence electrons. The molecule has 0 fully saturated rings. The summed E-state index contributed by atoms with van der Waals surface area (Å²) in [5.41, 5.74) is 1.63. The molecule has 0 aromatic carbocycles. The summed E-state index contributed by atoms with van der Waals surface area (Å²) < 4.78 is 24.8. The van der Waals surface area contributed by atoms with E-state index < -0.39 is 10.0 Å². The van der Waals surface area contributed by atoms with Crippen LogP contribution in [0.15, 0.2) is 18.3 Å². The minimum Gasteiger partial charge on any atom is -0.395 e. The SMILES string of the molecule is Cc1cccnc1CNS(=O)(=O)CCO. The number of aliphatic hydroxyl groups is 1. The first kappa shape index (κ1) is 12.1. The second-order valence-electron chi connectivity index (χ2n) is 3.13. The molecule has 1 rings (SSSR count). The second kappa shape index (κ2) is 5.20. The van der Waals surface area contributed by atoms with Crippen molar-refractivity contribution in [1.82, 2.24) is 9.71 Å². The van der Waals surface area contributed by atoms with E-state index in [1.807, 2.05) is 13.0 Å². The fourth-order valence-electron chi connectivity index (χ4n) is 1.07. The van der Waals surface area contributed by atoms with Crippen LogP contribution in [0.5, 0.6) is 0 Å². The van der Waals surface area contributed by atoms with Crippen LogP contribution in [-0.4, -0.2) is 30.9 Å². The van der Waals surface area contributed by atoms with Gasteiger partial charge in [-0.25, -0.2) is 13.1 Å². The molecular weight excluding hydrogens is 216 g/mol. The fraction of sp³-hybridized carbons (Fsp3) is 0.444. The molecule has 0 amide bonds. The van der Waals surface area contributed by atoms with Gasteiger partial charge in [0.25, 0.3) is 0 Å². The molecule has 15 heavy (non-hydrogen) atoms. The van der Waals surface area contributed by atoms with Crippen molar-refractivity contribution < 1.29 is 13.5 Å². The first-order chi connectivity index (χ1) is 7.05. The predicted octanol–water partition coefficient (Wildman–Crippen LogP) is -0.198. The third-order valence-corrected chi connectivity index (χ3v) is 3.24. The molecule has 0 radical (unpaired) electrons. The van der Waals surface area contributed by atoms with E-state index in [1.165, 1.54) is 0 Å².